The summed E-state index contributed by atoms with van der Waals surface area (Å²) >= 11 is 2.76. The molecule has 6 nitrogen and oxygen atoms in total. The van der Waals surface area contributed by atoms with Crippen LogP contribution in [0.4, 0.5) is 0 Å². The highest BCUT2D eigenvalue weighted by molar-refractivity contribution is 8.02. The van der Waals surface area contributed by atoms with E-state index >= 15 is 0 Å². The zero-order valence-corrected chi connectivity index (χ0v) is 14.6. The first kappa shape index (κ1) is 17.8. The van der Waals surface area contributed by atoms with Crippen molar-refractivity contribution in [3.63, 3.8) is 0 Å². The summed E-state index contributed by atoms with van der Waals surface area (Å²) in [5.74, 6) is -1.11. The number of aryl methyl sites for hydroxylation is 1. The number of carbonyl (C=O) groups excluding carboxylic acids is 3. The summed E-state index contributed by atoms with van der Waals surface area (Å²) in [4.78, 5) is 36.6. The predicted molar refractivity (Wildman–Crippen MR) is 88.8 cm³/mol. The van der Waals surface area contributed by atoms with Gasteiger partial charge in [-0.1, -0.05) is 0 Å². The third-order valence-electron chi connectivity index (χ3n) is 3.34. The Bertz CT molecular complexity index is 578. The molecule has 1 N–H and O–H groups in total. The Kier molecular flexibility index (Phi) is 6.47. The maximum atomic E-state index is 11.7. The van der Waals surface area contributed by atoms with Crippen molar-refractivity contribution in [1.82, 2.24) is 5.32 Å². The molecule has 1 aromatic heterocycles. The van der Waals surface area contributed by atoms with Crippen molar-refractivity contribution >= 4 is 40.9 Å². The standard InChI is InChI=1S/C15H19NO5S2/c1-3-21-14(18)11-7-6-9(22-11)4-5-10-8-16-13(17)12(23-10)15(19)20-2/h6-7,10,12H,3-5,8H2,1-2H3,(H,16,17). The molecule has 0 aromatic carbocycles. The fourth-order valence-electron chi connectivity index (χ4n) is 2.18. The maximum absolute atomic E-state index is 11.7. The normalized spacial score (nSPS) is 20.7. The number of amides is 1. The monoisotopic (exact) mass is 357 g/mol. The van der Waals surface area contributed by atoms with Gasteiger partial charge in [0.1, 0.15) is 4.88 Å². The fraction of sp³-hybridized carbons (Fsp3) is 0.533. The van der Waals surface area contributed by atoms with E-state index in [1.807, 2.05) is 6.07 Å². The Morgan fingerprint density at radius 3 is 2.87 bits per heavy atom. The molecule has 1 aliphatic heterocycles. The fourth-order valence-corrected chi connectivity index (χ4v) is 4.33. The summed E-state index contributed by atoms with van der Waals surface area (Å²) in [5, 5.41) is 2.09. The first-order valence-electron chi connectivity index (χ1n) is 7.32. The summed E-state index contributed by atoms with van der Waals surface area (Å²) in [7, 11) is 1.28. The average molecular weight is 357 g/mol. The van der Waals surface area contributed by atoms with Crippen molar-refractivity contribution in [3.05, 3.63) is 21.9 Å². The lowest BCUT2D eigenvalue weighted by molar-refractivity contribution is -0.143. The SMILES string of the molecule is CCOC(=O)c1ccc(CCC2CNC(=O)C(C(=O)OC)S2)s1. The van der Waals surface area contributed by atoms with Crippen molar-refractivity contribution in [2.45, 2.75) is 30.3 Å². The molecule has 1 amide bonds. The molecule has 2 heterocycles. The van der Waals surface area contributed by atoms with Crippen LogP contribution < -0.4 is 5.32 Å². The smallest absolute Gasteiger partial charge is 0.348 e. The third-order valence-corrected chi connectivity index (χ3v) is 5.93. The van der Waals surface area contributed by atoms with E-state index in [1.165, 1.54) is 30.2 Å². The molecule has 2 unspecified atom stereocenters. The van der Waals surface area contributed by atoms with Gasteiger partial charge in [-0.05, 0) is 31.9 Å². The van der Waals surface area contributed by atoms with Gasteiger partial charge in [-0.15, -0.1) is 23.1 Å². The van der Waals surface area contributed by atoms with Gasteiger partial charge in [0.25, 0.3) is 0 Å². The lowest BCUT2D eigenvalue weighted by Crippen LogP contribution is -2.47. The Balaban J connectivity index is 1.87. The molecule has 0 aliphatic carbocycles. The number of hydrogen-bond donors (Lipinski definition) is 1. The molecular formula is C15H19NO5S2. The number of hydrogen-bond acceptors (Lipinski definition) is 7. The van der Waals surface area contributed by atoms with Crippen LogP contribution in [0.25, 0.3) is 0 Å². The van der Waals surface area contributed by atoms with Crippen LogP contribution in [-0.4, -0.2) is 48.6 Å². The lowest BCUT2D eigenvalue weighted by atomic mass is 10.2. The van der Waals surface area contributed by atoms with E-state index in [0.29, 0.717) is 18.0 Å². The summed E-state index contributed by atoms with van der Waals surface area (Å²) < 4.78 is 9.62. The number of thioether (sulfide) groups is 1. The minimum atomic E-state index is -0.794. The van der Waals surface area contributed by atoms with Gasteiger partial charge in [-0.25, -0.2) is 4.79 Å². The molecule has 1 aliphatic rings. The number of esters is 2. The van der Waals surface area contributed by atoms with Crippen LogP contribution in [0.1, 0.15) is 27.9 Å². The summed E-state index contributed by atoms with van der Waals surface area (Å²) in [5.41, 5.74) is 0. The second-order valence-corrected chi connectivity index (χ2v) is 7.51. The van der Waals surface area contributed by atoms with Crippen molar-refractivity contribution < 1.29 is 23.9 Å². The van der Waals surface area contributed by atoms with E-state index in [4.69, 9.17) is 4.74 Å². The number of nitrogens with one attached hydrogen (secondary N) is 1. The van der Waals surface area contributed by atoms with Gasteiger partial charge in [0.2, 0.25) is 5.91 Å². The van der Waals surface area contributed by atoms with Crippen molar-refractivity contribution in [2.24, 2.45) is 0 Å². The predicted octanol–water partition coefficient (Wildman–Crippen LogP) is 1.63. The molecule has 0 radical (unpaired) electrons. The molecule has 0 spiro atoms. The van der Waals surface area contributed by atoms with Crippen LogP contribution >= 0.6 is 23.1 Å². The van der Waals surface area contributed by atoms with Gasteiger partial charge in [-0.3, -0.25) is 9.59 Å². The van der Waals surface area contributed by atoms with E-state index < -0.39 is 11.2 Å². The van der Waals surface area contributed by atoms with E-state index in [-0.39, 0.29) is 17.1 Å². The summed E-state index contributed by atoms with van der Waals surface area (Å²) in [6, 6.07) is 3.69. The molecule has 1 aromatic rings. The highest BCUT2D eigenvalue weighted by atomic mass is 32.2. The highest BCUT2D eigenvalue weighted by Gasteiger charge is 2.35. The first-order valence-corrected chi connectivity index (χ1v) is 9.08. The van der Waals surface area contributed by atoms with Crippen molar-refractivity contribution in [1.29, 1.82) is 0 Å². The topological polar surface area (TPSA) is 81.7 Å². The molecule has 0 saturated carbocycles. The molecule has 1 fully saturated rings. The van der Waals surface area contributed by atoms with E-state index in [9.17, 15) is 14.4 Å². The van der Waals surface area contributed by atoms with Gasteiger partial charge in [-0.2, -0.15) is 0 Å². The lowest BCUT2D eigenvalue weighted by Gasteiger charge is -2.27. The average Bonchev–Trinajstić information content (AvgIpc) is 3.02. The number of carbonyl (C=O) groups is 3. The quantitative estimate of drug-likeness (QED) is 0.616. The largest absolute Gasteiger partial charge is 0.468 e. The van der Waals surface area contributed by atoms with Gasteiger partial charge in [0.05, 0.1) is 13.7 Å². The first-order chi connectivity index (χ1) is 11.0. The van der Waals surface area contributed by atoms with Crippen LogP contribution in [0.3, 0.4) is 0 Å². The van der Waals surface area contributed by atoms with Gasteiger partial charge in [0, 0.05) is 16.7 Å². The van der Waals surface area contributed by atoms with Crippen LogP contribution in [0.15, 0.2) is 12.1 Å². The van der Waals surface area contributed by atoms with Crippen LogP contribution in [0.2, 0.25) is 0 Å². The van der Waals surface area contributed by atoms with E-state index in [1.54, 1.807) is 13.0 Å². The third kappa shape index (κ3) is 4.71. The minimum absolute atomic E-state index is 0.143. The second-order valence-electron chi connectivity index (χ2n) is 4.93. The number of thiophene rings is 1. The minimum Gasteiger partial charge on any atom is -0.468 e. The molecule has 8 heteroatoms. The zero-order valence-electron chi connectivity index (χ0n) is 13.0. The van der Waals surface area contributed by atoms with Crippen molar-refractivity contribution in [3.8, 4) is 0 Å². The van der Waals surface area contributed by atoms with Crippen LogP contribution in [0.5, 0.6) is 0 Å². The summed E-state index contributed by atoms with van der Waals surface area (Å²) in [6.07, 6.45) is 1.59. The van der Waals surface area contributed by atoms with Gasteiger partial charge in [0.15, 0.2) is 5.25 Å². The molecule has 2 atom stereocenters. The van der Waals surface area contributed by atoms with E-state index in [2.05, 4.69) is 10.1 Å². The highest BCUT2D eigenvalue weighted by Crippen LogP contribution is 2.28. The van der Waals surface area contributed by atoms with Gasteiger partial charge >= 0.3 is 11.9 Å². The Morgan fingerprint density at radius 2 is 2.17 bits per heavy atom. The van der Waals surface area contributed by atoms with Crippen LogP contribution in [-0.2, 0) is 25.5 Å². The van der Waals surface area contributed by atoms with Crippen LogP contribution in [0, 0.1) is 0 Å². The Morgan fingerprint density at radius 1 is 1.39 bits per heavy atom. The maximum Gasteiger partial charge on any atom is 0.348 e. The molecule has 0 bridgehead atoms. The number of rotatable bonds is 6. The van der Waals surface area contributed by atoms with Gasteiger partial charge < -0.3 is 14.8 Å². The molecule has 126 valence electrons. The Hall–Kier alpha value is -1.54. The van der Waals surface area contributed by atoms with Crippen molar-refractivity contribution in [2.75, 3.05) is 20.3 Å². The zero-order chi connectivity index (χ0) is 16.8. The Labute approximate surface area is 142 Å². The summed E-state index contributed by atoms with van der Waals surface area (Å²) in [6.45, 7) is 2.67. The molecule has 23 heavy (non-hydrogen) atoms. The molecule has 2 rings (SSSR count). The molecule has 1 saturated heterocycles. The van der Waals surface area contributed by atoms with E-state index in [0.717, 1.165) is 17.7 Å². The second kappa shape index (κ2) is 8.35. The number of methoxy groups -OCH3 is 1. The number of ether oxygens (including phenoxy) is 2. The molecular weight excluding hydrogens is 338 g/mol.